The van der Waals surface area contributed by atoms with Crippen molar-refractivity contribution in [3.8, 4) is 11.4 Å². The van der Waals surface area contributed by atoms with Crippen LogP contribution in [0.5, 0.6) is 0 Å². The fraction of sp³-hybridized carbons (Fsp3) is 0.0455. The second-order valence-corrected chi connectivity index (χ2v) is 6.41. The van der Waals surface area contributed by atoms with Gasteiger partial charge in [0.25, 0.3) is 5.69 Å². The van der Waals surface area contributed by atoms with Crippen molar-refractivity contribution in [3.05, 3.63) is 88.5 Å². The zero-order chi connectivity index (χ0) is 21.1. The molecule has 0 bridgehead atoms. The molecule has 0 aliphatic rings. The number of hydrogen-bond acceptors (Lipinski definition) is 7. The standard InChI is InChI=1S/C22H16N4O4/c1-30-22(27)15-6-10-16(11-7-15)23-21-18-4-2-3-5-19(18)24-20(25-21)14-8-12-17(13-9-14)26(28)29/h2-13H,1H3,(H,23,24,25). The quantitative estimate of drug-likeness (QED) is 0.293. The van der Waals surface area contributed by atoms with Crippen LogP contribution in [-0.2, 0) is 4.74 Å². The maximum atomic E-state index is 11.6. The number of fused-ring (bicyclic) bond motifs is 1. The van der Waals surface area contributed by atoms with Crippen molar-refractivity contribution in [2.75, 3.05) is 12.4 Å². The van der Waals surface area contributed by atoms with E-state index in [0.717, 1.165) is 16.6 Å². The molecule has 0 aliphatic heterocycles. The molecule has 0 saturated carbocycles. The van der Waals surface area contributed by atoms with Gasteiger partial charge in [-0.2, -0.15) is 0 Å². The van der Waals surface area contributed by atoms with Crippen molar-refractivity contribution >= 4 is 34.1 Å². The number of rotatable bonds is 5. The number of carbonyl (C=O) groups is 1. The van der Waals surface area contributed by atoms with E-state index in [1.807, 2.05) is 24.3 Å². The summed E-state index contributed by atoms with van der Waals surface area (Å²) in [6.07, 6.45) is 0. The van der Waals surface area contributed by atoms with E-state index in [-0.39, 0.29) is 5.69 Å². The van der Waals surface area contributed by atoms with Crippen LogP contribution in [-0.4, -0.2) is 28.0 Å². The lowest BCUT2D eigenvalue weighted by atomic mass is 10.1. The number of nitrogens with one attached hydrogen (secondary N) is 1. The number of anilines is 2. The van der Waals surface area contributed by atoms with Crippen LogP contribution in [0.3, 0.4) is 0 Å². The minimum absolute atomic E-state index is 0.00332. The molecule has 148 valence electrons. The van der Waals surface area contributed by atoms with Crippen LogP contribution in [0, 0.1) is 10.1 Å². The lowest BCUT2D eigenvalue weighted by molar-refractivity contribution is -0.384. The van der Waals surface area contributed by atoms with Crippen molar-refractivity contribution < 1.29 is 14.5 Å². The van der Waals surface area contributed by atoms with E-state index in [4.69, 9.17) is 4.74 Å². The summed E-state index contributed by atoms with van der Waals surface area (Å²) in [5, 5.41) is 15.0. The minimum Gasteiger partial charge on any atom is -0.465 e. The minimum atomic E-state index is -0.448. The van der Waals surface area contributed by atoms with Crippen molar-refractivity contribution in [1.29, 1.82) is 0 Å². The number of nitro benzene ring substituents is 1. The molecule has 4 aromatic rings. The number of nitro groups is 1. The van der Waals surface area contributed by atoms with Gasteiger partial charge in [-0.25, -0.2) is 14.8 Å². The number of hydrogen-bond donors (Lipinski definition) is 1. The normalized spacial score (nSPS) is 10.6. The summed E-state index contributed by atoms with van der Waals surface area (Å²) in [6.45, 7) is 0. The number of esters is 1. The molecule has 0 saturated heterocycles. The van der Waals surface area contributed by atoms with Crippen LogP contribution in [0.1, 0.15) is 10.4 Å². The third-order valence-corrected chi connectivity index (χ3v) is 4.51. The molecule has 30 heavy (non-hydrogen) atoms. The van der Waals surface area contributed by atoms with Gasteiger partial charge in [0.2, 0.25) is 0 Å². The molecule has 0 amide bonds. The zero-order valence-corrected chi connectivity index (χ0v) is 15.9. The van der Waals surface area contributed by atoms with E-state index in [9.17, 15) is 14.9 Å². The fourth-order valence-corrected chi connectivity index (χ4v) is 2.98. The molecule has 1 heterocycles. The van der Waals surface area contributed by atoms with E-state index >= 15 is 0 Å². The lowest BCUT2D eigenvalue weighted by Gasteiger charge is -2.11. The summed E-state index contributed by atoms with van der Waals surface area (Å²) in [5.74, 6) is 0.617. The van der Waals surface area contributed by atoms with E-state index in [1.165, 1.54) is 19.2 Å². The summed E-state index contributed by atoms with van der Waals surface area (Å²) in [4.78, 5) is 31.3. The first-order valence-electron chi connectivity index (χ1n) is 9.02. The van der Waals surface area contributed by atoms with Gasteiger partial charge in [0.1, 0.15) is 5.82 Å². The number of aromatic nitrogens is 2. The topological polar surface area (TPSA) is 107 Å². The Morgan fingerprint density at radius 3 is 2.33 bits per heavy atom. The highest BCUT2D eigenvalue weighted by Crippen LogP contribution is 2.28. The number of nitrogens with zero attached hydrogens (tertiary/aromatic N) is 3. The SMILES string of the molecule is COC(=O)c1ccc(Nc2nc(-c3ccc([N+](=O)[O-])cc3)nc3ccccc23)cc1. The molecular formula is C22H16N4O4. The Labute approximate surface area is 171 Å². The van der Waals surface area contributed by atoms with Gasteiger partial charge in [0, 0.05) is 28.8 Å². The molecular weight excluding hydrogens is 384 g/mol. The van der Waals surface area contributed by atoms with Crippen LogP contribution in [0.25, 0.3) is 22.3 Å². The highest BCUT2D eigenvalue weighted by molar-refractivity contribution is 5.93. The third-order valence-electron chi connectivity index (χ3n) is 4.51. The van der Waals surface area contributed by atoms with E-state index < -0.39 is 10.9 Å². The summed E-state index contributed by atoms with van der Waals surface area (Å²) >= 11 is 0. The maximum absolute atomic E-state index is 11.6. The average molecular weight is 400 g/mol. The summed E-state index contributed by atoms with van der Waals surface area (Å²) in [7, 11) is 1.33. The van der Waals surface area contributed by atoms with Crippen LogP contribution in [0.4, 0.5) is 17.2 Å². The molecule has 8 nitrogen and oxygen atoms in total. The van der Waals surface area contributed by atoms with Gasteiger partial charge in [-0.15, -0.1) is 0 Å². The van der Waals surface area contributed by atoms with Crippen molar-refractivity contribution in [1.82, 2.24) is 9.97 Å². The van der Waals surface area contributed by atoms with Gasteiger partial charge in [0.05, 0.1) is 23.1 Å². The first kappa shape index (κ1) is 19.0. The molecule has 0 atom stereocenters. The Hall–Kier alpha value is -4.33. The number of methoxy groups -OCH3 is 1. The van der Waals surface area contributed by atoms with E-state index in [1.54, 1.807) is 36.4 Å². The summed E-state index contributed by atoms with van der Waals surface area (Å²) < 4.78 is 4.72. The zero-order valence-electron chi connectivity index (χ0n) is 15.9. The molecule has 1 aromatic heterocycles. The van der Waals surface area contributed by atoms with Gasteiger partial charge in [-0.05, 0) is 48.5 Å². The number of ether oxygens (including phenoxy) is 1. The lowest BCUT2D eigenvalue weighted by Crippen LogP contribution is -2.02. The molecule has 4 rings (SSSR count). The van der Waals surface area contributed by atoms with Gasteiger partial charge in [0.15, 0.2) is 5.82 Å². The van der Waals surface area contributed by atoms with Crippen LogP contribution in [0.15, 0.2) is 72.8 Å². The monoisotopic (exact) mass is 400 g/mol. The number of non-ortho nitro benzene ring substituents is 1. The Kier molecular flexibility index (Phi) is 5.04. The van der Waals surface area contributed by atoms with Crippen molar-refractivity contribution in [2.24, 2.45) is 0 Å². The van der Waals surface area contributed by atoms with Gasteiger partial charge >= 0.3 is 5.97 Å². The second kappa shape index (κ2) is 7.96. The van der Waals surface area contributed by atoms with Crippen LogP contribution in [0.2, 0.25) is 0 Å². The third kappa shape index (κ3) is 3.79. The predicted octanol–water partition coefficient (Wildman–Crippen LogP) is 4.74. The smallest absolute Gasteiger partial charge is 0.337 e. The number of benzene rings is 3. The van der Waals surface area contributed by atoms with Gasteiger partial charge in [-0.3, -0.25) is 10.1 Å². The molecule has 3 aromatic carbocycles. The Morgan fingerprint density at radius 2 is 1.67 bits per heavy atom. The number of para-hydroxylation sites is 1. The Bertz CT molecular complexity index is 1240. The first-order valence-corrected chi connectivity index (χ1v) is 9.02. The molecule has 0 aliphatic carbocycles. The molecule has 0 spiro atoms. The molecule has 0 unspecified atom stereocenters. The number of carbonyl (C=O) groups excluding carboxylic acids is 1. The van der Waals surface area contributed by atoms with Crippen molar-refractivity contribution in [2.45, 2.75) is 0 Å². The molecule has 1 N–H and O–H groups in total. The highest BCUT2D eigenvalue weighted by atomic mass is 16.6. The molecule has 8 heteroatoms. The average Bonchev–Trinajstić information content (AvgIpc) is 2.79. The maximum Gasteiger partial charge on any atom is 0.337 e. The largest absolute Gasteiger partial charge is 0.465 e. The Morgan fingerprint density at radius 1 is 0.967 bits per heavy atom. The molecule has 0 radical (unpaired) electrons. The Balaban J connectivity index is 1.73. The van der Waals surface area contributed by atoms with Crippen LogP contribution >= 0.6 is 0 Å². The van der Waals surface area contributed by atoms with E-state index in [0.29, 0.717) is 22.8 Å². The van der Waals surface area contributed by atoms with Gasteiger partial charge in [-0.1, -0.05) is 12.1 Å². The van der Waals surface area contributed by atoms with Crippen molar-refractivity contribution in [3.63, 3.8) is 0 Å². The highest BCUT2D eigenvalue weighted by Gasteiger charge is 2.12. The second-order valence-electron chi connectivity index (χ2n) is 6.41. The van der Waals surface area contributed by atoms with E-state index in [2.05, 4.69) is 15.3 Å². The van der Waals surface area contributed by atoms with Crippen LogP contribution < -0.4 is 5.32 Å². The molecule has 0 fully saturated rings. The fourth-order valence-electron chi connectivity index (χ4n) is 2.98. The van der Waals surface area contributed by atoms with Gasteiger partial charge < -0.3 is 10.1 Å². The summed E-state index contributed by atoms with van der Waals surface area (Å²) in [6, 6.07) is 20.5. The predicted molar refractivity (Wildman–Crippen MR) is 113 cm³/mol. The first-order chi connectivity index (χ1) is 14.5. The summed E-state index contributed by atoms with van der Waals surface area (Å²) in [5.41, 5.74) is 2.58.